The molecule has 614 valence electrons. The number of hydrogen-bond donors (Lipinski definition) is 0. The highest BCUT2D eigenvalue weighted by Gasteiger charge is 2.41. The van der Waals surface area contributed by atoms with Crippen molar-refractivity contribution in [3.8, 4) is 111 Å². The summed E-state index contributed by atoms with van der Waals surface area (Å²) in [5.74, 6) is 0. The molecule has 0 heteroatoms. The van der Waals surface area contributed by atoms with Gasteiger partial charge in [-0.05, 0) is 304 Å². The molecule has 0 atom stereocenters. The summed E-state index contributed by atoms with van der Waals surface area (Å²) < 4.78 is 0. The van der Waals surface area contributed by atoms with Gasteiger partial charge in [0.2, 0.25) is 0 Å². The largest absolute Gasteiger partial charge is 0.0619 e. The zero-order valence-corrected chi connectivity index (χ0v) is 75.0. The zero-order valence-electron chi connectivity index (χ0n) is 75.0. The van der Waals surface area contributed by atoms with Crippen molar-refractivity contribution in [2.24, 2.45) is 0 Å². The van der Waals surface area contributed by atoms with Gasteiger partial charge in [-0.3, -0.25) is 0 Å². The van der Waals surface area contributed by atoms with Crippen LogP contribution in [0.15, 0.2) is 394 Å². The normalized spacial score (nSPS) is 14.1. The topological polar surface area (TPSA) is 0 Å². The Bertz CT molecular complexity index is 8570. The van der Waals surface area contributed by atoms with Crippen molar-refractivity contribution >= 4 is 97.0 Å². The smallest absolute Gasteiger partial charge is 0.0159 e. The molecular formula is C129H98. The lowest BCUT2D eigenvalue weighted by molar-refractivity contribution is 0.660. The molecular weight excluding hydrogens is 1550 g/mol. The summed E-state index contributed by atoms with van der Waals surface area (Å²) in [6.07, 6.45) is 0. The van der Waals surface area contributed by atoms with E-state index in [4.69, 9.17) is 0 Å². The highest BCUT2D eigenvalue weighted by molar-refractivity contribution is 6.28. The Hall–Kier alpha value is -14.8. The highest BCUT2D eigenvalue weighted by Crippen LogP contribution is 2.58. The molecule has 4 aliphatic rings. The third-order valence-corrected chi connectivity index (χ3v) is 30.1. The molecule has 0 heterocycles. The quantitative estimate of drug-likeness (QED) is 0.115. The molecule has 0 radical (unpaired) electrons. The van der Waals surface area contributed by atoms with E-state index in [-0.39, 0.29) is 21.7 Å². The molecule has 0 spiro atoms. The van der Waals surface area contributed by atoms with Gasteiger partial charge >= 0.3 is 0 Å². The van der Waals surface area contributed by atoms with E-state index in [1.54, 1.807) is 0 Å². The standard InChI is InChI=1S/C45H36.C44H32.C40H30/c1-27-18-21-36-37(24-27)43(29-20-23-33-31-13-9-11-17-39(31)45(4,5)41(33)26-29)35-15-7-6-14-34(35)42(36)28-19-22-32-30-12-8-10-16-38(30)44(2,3)40(32)25-28;1-27-20-22-37-38(24-27)42(29-21-23-34-33-16-10-11-19-40(33)44(2,3)41(34)26-29)35-17-8-9-18-36(35)43(37)39-25-28-12-4-5-13-30(28)31-14-6-7-15-32(31)39;1-25-19-21-34-35(23-25)38(27-20-22-30-29-14-8-9-18-36(29)40(2,3)37(30)24-27)32-15-6-7-16-33(32)39(34)31-17-10-12-26-11-4-5-13-28(26)31/h6-26H,1-5H3;4-26H,1-3H3;4-24H,1-3H3. The van der Waals surface area contributed by atoms with E-state index in [1.165, 1.54) is 269 Å². The Balaban J connectivity index is 0.000000108. The van der Waals surface area contributed by atoms with Crippen LogP contribution >= 0.6 is 0 Å². The Kier molecular flexibility index (Phi) is 17.5. The highest BCUT2D eigenvalue weighted by atomic mass is 14.4. The van der Waals surface area contributed by atoms with E-state index >= 15 is 0 Å². The molecule has 0 amide bonds. The molecule has 0 nitrogen and oxygen atoms in total. The molecule has 129 heavy (non-hydrogen) atoms. The van der Waals surface area contributed by atoms with Gasteiger partial charge in [-0.15, -0.1) is 0 Å². The van der Waals surface area contributed by atoms with Gasteiger partial charge in [0.15, 0.2) is 0 Å². The molecule has 0 N–H and O–H groups in total. The van der Waals surface area contributed by atoms with E-state index in [2.05, 4.69) is 470 Å². The lowest BCUT2D eigenvalue weighted by Gasteiger charge is -2.24. The van der Waals surface area contributed by atoms with Gasteiger partial charge in [-0.25, -0.2) is 0 Å². The Labute approximate surface area is 756 Å². The van der Waals surface area contributed by atoms with Crippen LogP contribution in [-0.4, -0.2) is 0 Å². The summed E-state index contributed by atoms with van der Waals surface area (Å²) in [4.78, 5) is 0. The molecule has 22 aromatic rings. The van der Waals surface area contributed by atoms with Crippen LogP contribution in [0.1, 0.15) is 117 Å². The third kappa shape index (κ3) is 11.8. The summed E-state index contributed by atoms with van der Waals surface area (Å²) in [6.45, 7) is 25.6. The first kappa shape index (κ1) is 77.7. The Morgan fingerprint density at radius 1 is 0.132 bits per heavy atom. The molecule has 0 saturated carbocycles. The van der Waals surface area contributed by atoms with Crippen LogP contribution in [0.2, 0.25) is 0 Å². The fourth-order valence-electron chi connectivity index (χ4n) is 23.8. The number of fused-ring (bicyclic) bond motifs is 22. The van der Waals surface area contributed by atoms with E-state index in [1.807, 2.05) is 0 Å². The van der Waals surface area contributed by atoms with Gasteiger partial charge in [0, 0.05) is 21.7 Å². The van der Waals surface area contributed by atoms with Gasteiger partial charge < -0.3 is 0 Å². The average Bonchev–Trinajstić information content (AvgIpc) is 1.67. The summed E-state index contributed by atoms with van der Waals surface area (Å²) in [5, 5.41) is 23.4. The number of aryl methyl sites for hydroxylation is 3. The minimum atomic E-state index is -0.0482. The number of benzene rings is 22. The van der Waals surface area contributed by atoms with Crippen molar-refractivity contribution in [2.45, 2.75) is 97.8 Å². The molecule has 0 unspecified atom stereocenters. The first-order chi connectivity index (χ1) is 62.8. The third-order valence-electron chi connectivity index (χ3n) is 30.1. The molecule has 4 aliphatic carbocycles. The zero-order chi connectivity index (χ0) is 87.3. The van der Waals surface area contributed by atoms with Gasteiger partial charge in [-0.2, -0.15) is 0 Å². The van der Waals surface area contributed by atoms with Crippen molar-refractivity contribution < 1.29 is 0 Å². The fraction of sp³-hybridized carbons (Fsp3) is 0.116. The lowest BCUT2D eigenvalue weighted by Crippen LogP contribution is -2.15. The van der Waals surface area contributed by atoms with Crippen LogP contribution in [0.25, 0.3) is 208 Å². The Morgan fingerprint density at radius 2 is 0.372 bits per heavy atom. The van der Waals surface area contributed by atoms with Crippen LogP contribution in [0.3, 0.4) is 0 Å². The molecule has 0 aromatic heterocycles. The van der Waals surface area contributed by atoms with E-state index in [0.717, 1.165) is 0 Å². The summed E-state index contributed by atoms with van der Waals surface area (Å²) >= 11 is 0. The molecule has 26 rings (SSSR count). The maximum atomic E-state index is 2.48. The molecule has 0 fully saturated rings. The van der Waals surface area contributed by atoms with Crippen molar-refractivity contribution in [1.82, 2.24) is 0 Å². The van der Waals surface area contributed by atoms with E-state index in [0.29, 0.717) is 0 Å². The summed E-state index contributed by atoms with van der Waals surface area (Å²) in [7, 11) is 0. The van der Waals surface area contributed by atoms with Crippen LogP contribution in [0.5, 0.6) is 0 Å². The molecule has 22 aromatic carbocycles. The second-order valence-electron chi connectivity index (χ2n) is 39.0. The first-order valence-corrected chi connectivity index (χ1v) is 46.0. The van der Waals surface area contributed by atoms with Crippen LogP contribution in [0, 0.1) is 20.8 Å². The van der Waals surface area contributed by atoms with Crippen molar-refractivity contribution in [2.75, 3.05) is 0 Å². The van der Waals surface area contributed by atoms with Gasteiger partial charge in [0.05, 0.1) is 0 Å². The molecule has 0 bridgehead atoms. The number of rotatable bonds is 6. The minimum absolute atomic E-state index is 0.0354. The van der Waals surface area contributed by atoms with E-state index in [9.17, 15) is 0 Å². The summed E-state index contributed by atoms with van der Waals surface area (Å²) in [5.41, 5.74) is 41.6. The number of hydrogen-bond acceptors (Lipinski definition) is 0. The maximum absolute atomic E-state index is 2.48. The van der Waals surface area contributed by atoms with Crippen molar-refractivity contribution in [1.29, 1.82) is 0 Å². The van der Waals surface area contributed by atoms with Crippen LogP contribution < -0.4 is 0 Å². The first-order valence-electron chi connectivity index (χ1n) is 46.0. The van der Waals surface area contributed by atoms with Crippen LogP contribution in [-0.2, 0) is 21.7 Å². The second-order valence-corrected chi connectivity index (χ2v) is 39.0. The minimum Gasteiger partial charge on any atom is -0.0619 e. The van der Waals surface area contributed by atoms with Crippen molar-refractivity contribution in [3.05, 3.63) is 456 Å². The maximum Gasteiger partial charge on any atom is 0.0159 e. The van der Waals surface area contributed by atoms with Gasteiger partial charge in [-0.1, -0.05) is 436 Å². The molecule has 0 aliphatic heterocycles. The van der Waals surface area contributed by atoms with Gasteiger partial charge in [0.1, 0.15) is 0 Å². The Morgan fingerprint density at radius 3 is 0.736 bits per heavy atom. The van der Waals surface area contributed by atoms with E-state index < -0.39 is 0 Å². The predicted molar refractivity (Wildman–Crippen MR) is 554 cm³/mol. The monoisotopic (exact) mass is 1650 g/mol. The van der Waals surface area contributed by atoms with Gasteiger partial charge in [0.25, 0.3) is 0 Å². The van der Waals surface area contributed by atoms with Crippen LogP contribution in [0.4, 0.5) is 0 Å². The average molecular weight is 1650 g/mol. The lowest BCUT2D eigenvalue weighted by atomic mass is 9.79. The second kappa shape index (κ2) is 29.1. The SMILES string of the molecule is Cc1ccc2c(-c3cc4ccccc4c4ccccc34)c3ccccc3c(-c3ccc4c(c3)C(C)(C)c3ccccc3-4)c2c1.Cc1ccc2c(-c3ccc4c(c3)C(C)(C)c3ccccc3-4)c3ccccc3c(-c3ccc4c(c3)C(C)(C)c3ccccc3-4)c2c1.Cc1ccc2c(-c3cccc4ccccc34)c3ccccc3c(-c3ccc4c(c3)C(C)(C)c3ccccc3-4)c2c1. The van der Waals surface area contributed by atoms with Crippen molar-refractivity contribution in [3.63, 3.8) is 0 Å². The fourth-order valence-corrected chi connectivity index (χ4v) is 23.8. The summed E-state index contributed by atoms with van der Waals surface area (Å²) in [6, 6.07) is 148. The molecule has 0 saturated heterocycles. The predicted octanol–water partition coefficient (Wildman–Crippen LogP) is 35.6.